The van der Waals surface area contributed by atoms with E-state index in [1.54, 1.807) is 7.11 Å². The van der Waals surface area contributed by atoms with Crippen LogP contribution in [0.25, 0.3) is 0 Å². The van der Waals surface area contributed by atoms with Crippen LogP contribution in [0.3, 0.4) is 0 Å². The Morgan fingerprint density at radius 1 is 1.02 bits per heavy atom. The first-order chi connectivity index (χ1) is 20.4. The third-order valence-corrected chi connectivity index (χ3v) is 21.3. The Balaban J connectivity index is 1.88. The van der Waals surface area contributed by atoms with Gasteiger partial charge in [0.05, 0.1) is 37.4 Å². The van der Waals surface area contributed by atoms with Gasteiger partial charge in [-0.3, -0.25) is 9.59 Å². The molecular weight excluding hydrogens is 593 g/mol. The molecule has 3 heterocycles. The third-order valence-electron chi connectivity index (χ3n) is 12.2. The van der Waals surface area contributed by atoms with Crippen LogP contribution in [0.4, 0.5) is 0 Å². The van der Waals surface area contributed by atoms with Crippen molar-refractivity contribution in [2.24, 2.45) is 29.1 Å². The molecule has 0 unspecified atom stereocenters. The van der Waals surface area contributed by atoms with E-state index in [-0.39, 0.29) is 34.7 Å². The summed E-state index contributed by atoms with van der Waals surface area (Å²) in [6, 6.07) is 2.94. The van der Waals surface area contributed by atoms with Gasteiger partial charge in [-0.25, -0.2) is 0 Å². The normalized spacial score (nSPS) is 35.2. The Morgan fingerprint density at radius 3 is 2.14 bits per heavy atom. The van der Waals surface area contributed by atoms with Crippen molar-refractivity contribution in [3.8, 4) is 0 Å². The second kappa shape index (κ2) is 12.1. The fourth-order valence-corrected chi connectivity index (χ4v) is 12.1. The van der Waals surface area contributed by atoms with Gasteiger partial charge in [0.1, 0.15) is 5.78 Å². The number of rotatable bonds is 13. The number of fused-ring (bicyclic) bond motifs is 1. The van der Waals surface area contributed by atoms with E-state index in [1.807, 2.05) is 13.8 Å². The summed E-state index contributed by atoms with van der Waals surface area (Å²) in [5, 5.41) is 0.0620. The topological polar surface area (TPSA) is 89.5 Å². The van der Waals surface area contributed by atoms with E-state index in [2.05, 4.69) is 72.9 Å². The Kier molecular flexibility index (Phi) is 9.85. The maximum absolute atomic E-state index is 14.2. The molecule has 0 aromatic rings. The van der Waals surface area contributed by atoms with Gasteiger partial charge in [0.2, 0.25) is 0 Å². The molecule has 8 atom stereocenters. The zero-order chi connectivity index (χ0) is 33.1. The van der Waals surface area contributed by atoms with Crippen molar-refractivity contribution in [2.45, 2.75) is 122 Å². The summed E-state index contributed by atoms with van der Waals surface area (Å²) >= 11 is 0. The van der Waals surface area contributed by atoms with Gasteiger partial charge in [0, 0.05) is 31.5 Å². The highest BCUT2D eigenvalue weighted by molar-refractivity contribution is 6.74. The highest BCUT2D eigenvalue weighted by Crippen LogP contribution is 2.70. The van der Waals surface area contributed by atoms with Gasteiger partial charge in [-0.05, 0) is 62.6 Å². The molecular formula is C34H58O8Si2. The van der Waals surface area contributed by atoms with Crippen LogP contribution >= 0.6 is 0 Å². The van der Waals surface area contributed by atoms with E-state index >= 15 is 0 Å². The molecule has 10 heteroatoms. The average Bonchev–Trinajstić information content (AvgIpc) is 3.70. The molecule has 0 amide bonds. The lowest BCUT2D eigenvalue weighted by atomic mass is 9.52. The van der Waals surface area contributed by atoms with Crippen LogP contribution < -0.4 is 0 Å². The van der Waals surface area contributed by atoms with Crippen LogP contribution in [-0.4, -0.2) is 79.4 Å². The van der Waals surface area contributed by atoms with Crippen molar-refractivity contribution in [3.63, 3.8) is 0 Å². The van der Waals surface area contributed by atoms with Gasteiger partial charge in [-0.2, -0.15) is 0 Å². The standard InChI is InChI=1S/C34H58O8Si2/c1-14-44(15-2,16-3)42-27-23(21-40-43(12,13)31(5,6)7)17-18-24(27)28-33(22(4)35,30(36)37-10)29-26(32(8,9)38-11)25-19-20-39-34(25,28)41-29/h17-19,23-24,26-29H,14-16,20-21H2,1-13H3/t23-,24-,26+,27+,28-,29+,33-,34-/m1/s1. The van der Waals surface area contributed by atoms with E-state index < -0.39 is 51.4 Å². The summed E-state index contributed by atoms with van der Waals surface area (Å²) in [4.78, 5) is 28.3. The van der Waals surface area contributed by atoms with E-state index in [0.29, 0.717) is 13.2 Å². The van der Waals surface area contributed by atoms with Crippen molar-refractivity contribution < 1.29 is 37.4 Å². The molecule has 4 aliphatic rings. The first-order valence-corrected chi connectivity index (χ1v) is 22.0. The van der Waals surface area contributed by atoms with Crippen molar-refractivity contribution >= 4 is 28.4 Å². The largest absolute Gasteiger partial charge is 0.468 e. The monoisotopic (exact) mass is 650 g/mol. The van der Waals surface area contributed by atoms with E-state index in [0.717, 1.165) is 23.7 Å². The molecule has 0 N–H and O–H groups in total. The van der Waals surface area contributed by atoms with Gasteiger partial charge < -0.3 is 27.8 Å². The van der Waals surface area contributed by atoms with Gasteiger partial charge in [-0.1, -0.05) is 59.8 Å². The zero-order valence-electron chi connectivity index (χ0n) is 29.5. The lowest BCUT2D eigenvalue weighted by Gasteiger charge is -2.50. The number of hydrogen-bond acceptors (Lipinski definition) is 8. The molecule has 44 heavy (non-hydrogen) atoms. The molecule has 4 rings (SSSR count). The van der Waals surface area contributed by atoms with Crippen molar-refractivity contribution in [1.29, 1.82) is 0 Å². The van der Waals surface area contributed by atoms with Crippen LogP contribution in [0.15, 0.2) is 23.8 Å². The Hall–Kier alpha value is -1.15. The van der Waals surface area contributed by atoms with Crippen molar-refractivity contribution in [1.82, 2.24) is 0 Å². The van der Waals surface area contributed by atoms with Crippen molar-refractivity contribution in [2.75, 3.05) is 27.4 Å². The minimum atomic E-state index is -2.15. The number of carbonyl (C=O) groups is 2. The number of ketones is 1. The van der Waals surface area contributed by atoms with E-state index in [1.165, 1.54) is 14.0 Å². The molecule has 0 saturated carbocycles. The zero-order valence-corrected chi connectivity index (χ0v) is 31.5. The third kappa shape index (κ3) is 5.19. The van der Waals surface area contributed by atoms with Gasteiger partial charge in [0.25, 0.3) is 0 Å². The van der Waals surface area contributed by atoms with Crippen LogP contribution in [0.5, 0.6) is 0 Å². The maximum Gasteiger partial charge on any atom is 0.322 e. The lowest BCUT2D eigenvalue weighted by molar-refractivity contribution is -0.194. The molecule has 3 aliphatic heterocycles. The maximum atomic E-state index is 14.2. The molecule has 8 nitrogen and oxygen atoms in total. The fraction of sp³-hybridized carbons (Fsp3) is 0.824. The number of esters is 1. The van der Waals surface area contributed by atoms with E-state index in [9.17, 15) is 9.59 Å². The second-order valence-corrected chi connectivity index (χ2v) is 24.9. The Morgan fingerprint density at radius 2 is 1.64 bits per heavy atom. The number of Topliss-reactive ketones (excluding diaryl/α,β-unsaturated/α-hetero) is 1. The average molecular weight is 651 g/mol. The summed E-state index contributed by atoms with van der Waals surface area (Å²) in [7, 11) is -1.19. The smallest absolute Gasteiger partial charge is 0.322 e. The van der Waals surface area contributed by atoms with Crippen LogP contribution in [0.1, 0.15) is 62.3 Å². The quantitative estimate of drug-likeness (QED) is 0.0945. The van der Waals surface area contributed by atoms with Gasteiger partial charge >= 0.3 is 5.97 Å². The first-order valence-electron chi connectivity index (χ1n) is 16.6. The molecule has 2 saturated heterocycles. The number of ether oxygens (including phenoxy) is 4. The molecule has 0 aromatic carbocycles. The second-order valence-electron chi connectivity index (χ2n) is 15.4. The Bertz CT molecular complexity index is 1160. The minimum absolute atomic E-state index is 0.0384. The number of hydrogen-bond donors (Lipinski definition) is 0. The summed E-state index contributed by atoms with van der Waals surface area (Å²) in [5.41, 5.74) is -1.36. The highest BCUT2D eigenvalue weighted by Gasteiger charge is 2.82. The van der Waals surface area contributed by atoms with Crippen LogP contribution in [-0.2, 0) is 37.4 Å². The predicted molar refractivity (Wildman–Crippen MR) is 176 cm³/mol. The molecule has 1 aliphatic carbocycles. The lowest BCUT2D eigenvalue weighted by Crippen LogP contribution is -2.64. The first kappa shape index (κ1) is 35.7. The summed E-state index contributed by atoms with van der Waals surface area (Å²) in [6.07, 6.45) is 5.32. The van der Waals surface area contributed by atoms with Crippen LogP contribution in [0.2, 0.25) is 36.3 Å². The minimum Gasteiger partial charge on any atom is -0.468 e. The highest BCUT2D eigenvalue weighted by atomic mass is 28.4. The summed E-state index contributed by atoms with van der Waals surface area (Å²) in [5.74, 6) is -3.52. The predicted octanol–water partition coefficient (Wildman–Crippen LogP) is 6.67. The molecule has 2 bridgehead atoms. The SMILES string of the molecule is CC[Si](CC)(CC)O[C@@H]1[C@H]([C@H]2[C@@]34OCC=C3[C@H](C(C)(C)OC)[C@H](O4)[C@]2(C(C)=O)C(=O)OC)C=C[C@@H]1CO[Si](C)(C)C(C)(C)C. The molecule has 1 spiro atoms. The van der Waals surface area contributed by atoms with Crippen LogP contribution in [0, 0.1) is 29.1 Å². The molecule has 2 fully saturated rings. The van der Waals surface area contributed by atoms with Gasteiger partial charge in [-0.15, -0.1) is 0 Å². The number of methoxy groups -OCH3 is 2. The molecule has 0 radical (unpaired) electrons. The number of carbonyl (C=O) groups excluding carboxylic acids is 2. The fourth-order valence-electron chi connectivity index (χ4n) is 8.12. The van der Waals surface area contributed by atoms with Gasteiger partial charge in [0.15, 0.2) is 27.8 Å². The van der Waals surface area contributed by atoms with E-state index in [4.69, 9.17) is 27.8 Å². The summed E-state index contributed by atoms with van der Waals surface area (Å²) in [6.45, 7) is 24.3. The summed E-state index contributed by atoms with van der Waals surface area (Å²) < 4.78 is 39.1. The molecule has 250 valence electrons. The Labute approximate surface area is 267 Å². The van der Waals surface area contributed by atoms with Crippen molar-refractivity contribution in [3.05, 3.63) is 23.8 Å². The molecule has 0 aromatic heterocycles.